The number of hydrogen-bond donors (Lipinski definition) is 2. The number of anilines is 1. The molecule has 0 aliphatic carbocycles. The van der Waals surface area contributed by atoms with Crippen molar-refractivity contribution in [3.05, 3.63) is 23.8 Å². The van der Waals surface area contributed by atoms with Crippen LogP contribution < -0.4 is 15.8 Å². The van der Waals surface area contributed by atoms with Gasteiger partial charge >= 0.3 is 0 Å². The molecule has 0 heterocycles. The molecule has 0 atom stereocenters. The minimum absolute atomic E-state index is 0.271. The summed E-state index contributed by atoms with van der Waals surface area (Å²) < 4.78 is 5.05. The summed E-state index contributed by atoms with van der Waals surface area (Å²) in [5.74, 6) is 0.154. The van der Waals surface area contributed by atoms with Gasteiger partial charge in [0.25, 0.3) is 5.91 Å². The van der Waals surface area contributed by atoms with Crippen LogP contribution in [0.25, 0.3) is 0 Å². The van der Waals surface area contributed by atoms with Gasteiger partial charge in [-0.15, -0.1) is 0 Å². The second-order valence-electron chi connectivity index (χ2n) is 3.12. The SMILES string of the molecule is COc1cc(N)ccc1C(=O)NCCC#N. The lowest BCUT2D eigenvalue weighted by Gasteiger charge is -2.08. The number of nitrogens with two attached hydrogens (primary N) is 1. The topological polar surface area (TPSA) is 88.1 Å². The molecule has 0 spiro atoms. The van der Waals surface area contributed by atoms with Crippen LogP contribution in [-0.2, 0) is 0 Å². The summed E-state index contributed by atoms with van der Waals surface area (Å²) in [6.07, 6.45) is 0.281. The zero-order valence-electron chi connectivity index (χ0n) is 8.99. The number of rotatable bonds is 4. The Hall–Kier alpha value is -2.22. The van der Waals surface area contributed by atoms with Crippen molar-refractivity contribution in [2.75, 3.05) is 19.4 Å². The summed E-state index contributed by atoms with van der Waals surface area (Å²) >= 11 is 0. The maximum absolute atomic E-state index is 11.7. The summed E-state index contributed by atoms with van der Waals surface area (Å²) in [5.41, 5.74) is 6.51. The van der Waals surface area contributed by atoms with Crippen LogP contribution in [0.3, 0.4) is 0 Å². The van der Waals surface area contributed by atoms with E-state index in [1.165, 1.54) is 7.11 Å². The Bertz CT molecular complexity index is 424. The van der Waals surface area contributed by atoms with E-state index >= 15 is 0 Å². The van der Waals surface area contributed by atoms with Gasteiger partial charge in [0.05, 0.1) is 25.2 Å². The van der Waals surface area contributed by atoms with Gasteiger partial charge in [0.1, 0.15) is 5.75 Å². The number of methoxy groups -OCH3 is 1. The molecule has 0 aliphatic heterocycles. The molecule has 0 aromatic heterocycles. The molecular weight excluding hydrogens is 206 g/mol. The highest BCUT2D eigenvalue weighted by molar-refractivity contribution is 5.97. The molecule has 5 nitrogen and oxygen atoms in total. The van der Waals surface area contributed by atoms with Crippen LogP contribution >= 0.6 is 0 Å². The molecule has 0 radical (unpaired) electrons. The third-order valence-corrected chi connectivity index (χ3v) is 1.99. The minimum atomic E-state index is -0.271. The summed E-state index contributed by atoms with van der Waals surface area (Å²) in [4.78, 5) is 11.7. The maximum atomic E-state index is 11.7. The normalized spacial score (nSPS) is 9.25. The van der Waals surface area contributed by atoms with Crippen LogP contribution in [0.2, 0.25) is 0 Å². The van der Waals surface area contributed by atoms with Crippen LogP contribution in [0.1, 0.15) is 16.8 Å². The van der Waals surface area contributed by atoms with Crippen molar-refractivity contribution in [1.82, 2.24) is 5.32 Å². The zero-order chi connectivity index (χ0) is 12.0. The predicted molar refractivity (Wildman–Crippen MR) is 60.0 cm³/mol. The van der Waals surface area contributed by atoms with E-state index in [0.29, 0.717) is 23.5 Å². The number of nitrogens with one attached hydrogen (secondary N) is 1. The fourth-order valence-corrected chi connectivity index (χ4v) is 1.22. The standard InChI is InChI=1S/C11H13N3O2/c1-16-10-7-8(13)3-4-9(10)11(15)14-6-2-5-12/h3-4,7H,2,6,13H2,1H3,(H,14,15). The van der Waals surface area contributed by atoms with Gasteiger partial charge < -0.3 is 15.8 Å². The lowest BCUT2D eigenvalue weighted by molar-refractivity contribution is 0.0951. The molecule has 16 heavy (non-hydrogen) atoms. The molecule has 0 fully saturated rings. The van der Waals surface area contributed by atoms with Gasteiger partial charge in [-0.05, 0) is 12.1 Å². The Labute approximate surface area is 93.8 Å². The van der Waals surface area contributed by atoms with Crippen LogP contribution in [0, 0.1) is 11.3 Å². The number of carbonyl (C=O) groups is 1. The van der Waals surface area contributed by atoms with E-state index in [4.69, 9.17) is 15.7 Å². The smallest absolute Gasteiger partial charge is 0.255 e. The van der Waals surface area contributed by atoms with Gasteiger partial charge in [0.15, 0.2) is 0 Å². The van der Waals surface area contributed by atoms with E-state index < -0.39 is 0 Å². The Morgan fingerprint density at radius 1 is 1.62 bits per heavy atom. The number of benzene rings is 1. The lowest BCUT2D eigenvalue weighted by Crippen LogP contribution is -2.24. The number of nitrogens with zero attached hydrogens (tertiary/aromatic N) is 1. The van der Waals surface area contributed by atoms with Crippen molar-refractivity contribution < 1.29 is 9.53 Å². The highest BCUT2D eigenvalue weighted by Gasteiger charge is 2.11. The van der Waals surface area contributed by atoms with Crippen LogP contribution in [-0.4, -0.2) is 19.6 Å². The largest absolute Gasteiger partial charge is 0.496 e. The fourth-order valence-electron chi connectivity index (χ4n) is 1.22. The molecule has 3 N–H and O–H groups in total. The van der Waals surface area contributed by atoms with Gasteiger partial charge in [0.2, 0.25) is 0 Å². The molecule has 1 amide bonds. The molecule has 0 unspecified atom stereocenters. The monoisotopic (exact) mass is 219 g/mol. The van der Waals surface area contributed by atoms with E-state index in [1.54, 1.807) is 18.2 Å². The highest BCUT2D eigenvalue weighted by Crippen LogP contribution is 2.21. The molecule has 84 valence electrons. The summed E-state index contributed by atoms with van der Waals surface area (Å²) in [7, 11) is 1.47. The molecular formula is C11H13N3O2. The molecule has 5 heteroatoms. The quantitative estimate of drug-likeness (QED) is 0.582. The van der Waals surface area contributed by atoms with Gasteiger partial charge in [-0.1, -0.05) is 0 Å². The number of ether oxygens (including phenoxy) is 1. The molecule has 0 saturated carbocycles. The molecule has 0 saturated heterocycles. The average Bonchev–Trinajstić information content (AvgIpc) is 2.29. The number of amides is 1. The van der Waals surface area contributed by atoms with Gasteiger partial charge in [0, 0.05) is 18.3 Å². The first kappa shape index (κ1) is 11.9. The lowest BCUT2D eigenvalue weighted by atomic mass is 10.1. The third kappa shape index (κ3) is 2.89. The fraction of sp³-hybridized carbons (Fsp3) is 0.273. The Balaban J connectivity index is 2.79. The Morgan fingerprint density at radius 2 is 2.38 bits per heavy atom. The first-order valence-electron chi connectivity index (χ1n) is 4.77. The number of nitrogen functional groups attached to an aromatic ring is 1. The number of carbonyl (C=O) groups excluding carboxylic acids is 1. The van der Waals surface area contributed by atoms with E-state index in [2.05, 4.69) is 5.32 Å². The average molecular weight is 219 g/mol. The van der Waals surface area contributed by atoms with E-state index in [1.807, 2.05) is 6.07 Å². The van der Waals surface area contributed by atoms with Crippen molar-refractivity contribution >= 4 is 11.6 Å². The second-order valence-corrected chi connectivity index (χ2v) is 3.12. The van der Waals surface area contributed by atoms with Crippen molar-refractivity contribution in [2.45, 2.75) is 6.42 Å². The first-order chi connectivity index (χ1) is 7.69. The molecule has 0 bridgehead atoms. The highest BCUT2D eigenvalue weighted by atomic mass is 16.5. The van der Waals surface area contributed by atoms with Crippen molar-refractivity contribution in [3.8, 4) is 11.8 Å². The van der Waals surface area contributed by atoms with Crippen LogP contribution in [0.5, 0.6) is 5.75 Å². The van der Waals surface area contributed by atoms with Crippen molar-refractivity contribution in [2.24, 2.45) is 0 Å². The minimum Gasteiger partial charge on any atom is -0.496 e. The zero-order valence-corrected chi connectivity index (χ0v) is 8.99. The Morgan fingerprint density at radius 3 is 3.00 bits per heavy atom. The summed E-state index contributed by atoms with van der Waals surface area (Å²) in [6, 6.07) is 6.75. The first-order valence-corrected chi connectivity index (χ1v) is 4.77. The predicted octanol–water partition coefficient (Wildman–Crippen LogP) is 0.921. The van der Waals surface area contributed by atoms with Gasteiger partial charge in [-0.25, -0.2) is 0 Å². The molecule has 1 aromatic rings. The van der Waals surface area contributed by atoms with E-state index in [0.717, 1.165) is 0 Å². The van der Waals surface area contributed by atoms with Gasteiger partial charge in [-0.2, -0.15) is 5.26 Å². The Kier molecular flexibility index (Phi) is 4.16. The summed E-state index contributed by atoms with van der Waals surface area (Å²) in [5, 5.41) is 11.0. The van der Waals surface area contributed by atoms with E-state index in [-0.39, 0.29) is 12.3 Å². The van der Waals surface area contributed by atoms with Gasteiger partial charge in [-0.3, -0.25) is 4.79 Å². The maximum Gasteiger partial charge on any atom is 0.255 e. The van der Waals surface area contributed by atoms with Crippen molar-refractivity contribution in [1.29, 1.82) is 5.26 Å². The third-order valence-electron chi connectivity index (χ3n) is 1.99. The molecule has 1 aromatic carbocycles. The second kappa shape index (κ2) is 5.61. The van der Waals surface area contributed by atoms with Crippen LogP contribution in [0.15, 0.2) is 18.2 Å². The van der Waals surface area contributed by atoms with Crippen LogP contribution in [0.4, 0.5) is 5.69 Å². The summed E-state index contributed by atoms with van der Waals surface area (Å²) in [6.45, 7) is 0.322. The van der Waals surface area contributed by atoms with E-state index in [9.17, 15) is 4.79 Å². The van der Waals surface area contributed by atoms with Crippen molar-refractivity contribution in [3.63, 3.8) is 0 Å². The molecule has 1 rings (SSSR count). The molecule has 0 aliphatic rings. The number of hydrogen-bond acceptors (Lipinski definition) is 4. The number of nitriles is 1.